The minimum atomic E-state index is -3.95. The van der Waals surface area contributed by atoms with Crippen LogP contribution in [0.1, 0.15) is 27.2 Å². The highest BCUT2D eigenvalue weighted by molar-refractivity contribution is 7.89. The third-order valence-electron chi connectivity index (χ3n) is 3.85. The van der Waals surface area contributed by atoms with E-state index < -0.39 is 27.8 Å². The lowest BCUT2D eigenvalue weighted by Gasteiger charge is -2.17. The minimum Gasteiger partial charge on any atom is -0.493 e. The van der Waals surface area contributed by atoms with Crippen LogP contribution in [0.2, 0.25) is 0 Å². The van der Waals surface area contributed by atoms with Gasteiger partial charge < -0.3 is 10.1 Å². The second-order valence-electron chi connectivity index (χ2n) is 6.75. The maximum Gasteiger partial charge on any atom is 0.242 e. The van der Waals surface area contributed by atoms with Crippen molar-refractivity contribution in [2.75, 3.05) is 11.9 Å². The van der Waals surface area contributed by atoms with Gasteiger partial charge in [0.1, 0.15) is 17.6 Å². The predicted molar refractivity (Wildman–Crippen MR) is 106 cm³/mol. The van der Waals surface area contributed by atoms with Gasteiger partial charge in [0.25, 0.3) is 0 Å². The third kappa shape index (κ3) is 6.31. The van der Waals surface area contributed by atoms with Crippen LogP contribution >= 0.6 is 0 Å². The molecular weight excluding hydrogens is 383 g/mol. The number of rotatable bonds is 9. The second-order valence-corrected chi connectivity index (χ2v) is 8.47. The summed E-state index contributed by atoms with van der Waals surface area (Å²) < 4.78 is 45.8. The van der Waals surface area contributed by atoms with Crippen molar-refractivity contribution in [3.8, 4) is 5.75 Å². The summed E-state index contributed by atoms with van der Waals surface area (Å²) in [6.45, 7) is 6.38. The van der Waals surface area contributed by atoms with Crippen molar-refractivity contribution in [1.29, 1.82) is 0 Å². The van der Waals surface area contributed by atoms with E-state index in [1.165, 1.54) is 0 Å². The Hall–Kier alpha value is -2.45. The molecule has 28 heavy (non-hydrogen) atoms. The van der Waals surface area contributed by atoms with Crippen LogP contribution in [0.4, 0.5) is 10.1 Å². The fourth-order valence-corrected chi connectivity index (χ4v) is 3.60. The van der Waals surface area contributed by atoms with Crippen LogP contribution in [0.25, 0.3) is 0 Å². The zero-order chi connectivity index (χ0) is 20.7. The van der Waals surface area contributed by atoms with Crippen molar-refractivity contribution < 1.29 is 22.3 Å². The standard InChI is InChI=1S/C20H25FN2O4S/c1-4-19(23-28(25,26)18-11-5-15(21)6-12-18)20(24)22-16-7-9-17(10-8-16)27-13-14(2)3/h5-12,14,19,23H,4,13H2,1-3H3,(H,22,24). The summed E-state index contributed by atoms with van der Waals surface area (Å²) in [5, 5.41) is 2.69. The highest BCUT2D eigenvalue weighted by Crippen LogP contribution is 2.17. The molecule has 2 aromatic carbocycles. The van der Waals surface area contributed by atoms with E-state index in [-0.39, 0.29) is 11.3 Å². The molecule has 0 aliphatic carbocycles. The summed E-state index contributed by atoms with van der Waals surface area (Å²) >= 11 is 0. The Kier molecular flexibility index (Phi) is 7.53. The number of hydrogen-bond donors (Lipinski definition) is 2. The Morgan fingerprint density at radius 3 is 2.21 bits per heavy atom. The molecule has 0 bridgehead atoms. The lowest BCUT2D eigenvalue weighted by molar-refractivity contribution is -0.117. The molecule has 6 nitrogen and oxygen atoms in total. The van der Waals surface area contributed by atoms with Crippen molar-refractivity contribution in [1.82, 2.24) is 4.72 Å². The Bertz CT molecular complexity index is 881. The van der Waals surface area contributed by atoms with Gasteiger partial charge in [0.05, 0.1) is 11.5 Å². The molecule has 2 N–H and O–H groups in total. The quantitative estimate of drug-likeness (QED) is 0.665. The van der Waals surface area contributed by atoms with Gasteiger partial charge in [-0.3, -0.25) is 4.79 Å². The minimum absolute atomic E-state index is 0.105. The lowest BCUT2D eigenvalue weighted by Crippen LogP contribution is -2.43. The van der Waals surface area contributed by atoms with E-state index in [0.717, 1.165) is 24.3 Å². The number of anilines is 1. The smallest absolute Gasteiger partial charge is 0.242 e. The molecule has 0 aliphatic heterocycles. The molecule has 0 spiro atoms. The summed E-state index contributed by atoms with van der Waals surface area (Å²) in [5.74, 6) is 0.0724. The fraction of sp³-hybridized carbons (Fsp3) is 0.350. The van der Waals surface area contributed by atoms with Gasteiger partial charge in [0, 0.05) is 5.69 Å². The molecule has 1 atom stereocenters. The number of carbonyl (C=O) groups is 1. The number of hydrogen-bond acceptors (Lipinski definition) is 4. The first-order valence-electron chi connectivity index (χ1n) is 9.03. The number of nitrogens with one attached hydrogen (secondary N) is 2. The molecule has 2 rings (SSSR count). The molecule has 0 aliphatic rings. The van der Waals surface area contributed by atoms with E-state index in [0.29, 0.717) is 24.0 Å². The van der Waals surface area contributed by atoms with Crippen molar-refractivity contribution >= 4 is 21.6 Å². The van der Waals surface area contributed by atoms with Gasteiger partial charge in [0.15, 0.2) is 0 Å². The Morgan fingerprint density at radius 2 is 1.68 bits per heavy atom. The molecule has 0 heterocycles. The molecule has 0 saturated carbocycles. The van der Waals surface area contributed by atoms with Crippen LogP contribution < -0.4 is 14.8 Å². The topological polar surface area (TPSA) is 84.5 Å². The normalized spacial score (nSPS) is 12.6. The van der Waals surface area contributed by atoms with Crippen LogP contribution in [-0.2, 0) is 14.8 Å². The summed E-state index contributed by atoms with van der Waals surface area (Å²) in [4.78, 5) is 12.4. The summed E-state index contributed by atoms with van der Waals surface area (Å²) in [6.07, 6.45) is 0.252. The van der Waals surface area contributed by atoms with Crippen molar-refractivity contribution in [2.24, 2.45) is 5.92 Å². The third-order valence-corrected chi connectivity index (χ3v) is 5.34. The summed E-state index contributed by atoms with van der Waals surface area (Å²) in [5.41, 5.74) is 0.529. The number of halogens is 1. The first-order valence-corrected chi connectivity index (χ1v) is 10.5. The van der Waals surface area contributed by atoms with E-state index in [9.17, 15) is 17.6 Å². The number of benzene rings is 2. The van der Waals surface area contributed by atoms with Gasteiger partial charge in [-0.2, -0.15) is 4.72 Å². The number of sulfonamides is 1. The fourth-order valence-electron chi connectivity index (χ4n) is 2.32. The van der Waals surface area contributed by atoms with Gasteiger partial charge in [0.2, 0.25) is 15.9 Å². The van der Waals surface area contributed by atoms with E-state index in [1.54, 1.807) is 31.2 Å². The molecule has 152 valence electrons. The van der Waals surface area contributed by atoms with Crippen molar-refractivity contribution in [3.63, 3.8) is 0 Å². The van der Waals surface area contributed by atoms with Crippen molar-refractivity contribution in [3.05, 3.63) is 54.3 Å². The molecule has 0 saturated heterocycles. The van der Waals surface area contributed by atoms with Crippen LogP contribution in [0, 0.1) is 11.7 Å². The molecule has 8 heteroatoms. The largest absolute Gasteiger partial charge is 0.493 e. The monoisotopic (exact) mass is 408 g/mol. The van der Waals surface area contributed by atoms with Gasteiger partial charge in [-0.25, -0.2) is 12.8 Å². The van der Waals surface area contributed by atoms with E-state index in [1.807, 2.05) is 13.8 Å². The maximum atomic E-state index is 13.0. The first-order chi connectivity index (χ1) is 13.2. The zero-order valence-corrected chi connectivity index (χ0v) is 16.9. The molecule has 0 radical (unpaired) electrons. The SMILES string of the molecule is CCC(NS(=O)(=O)c1ccc(F)cc1)C(=O)Nc1ccc(OCC(C)C)cc1. The predicted octanol–water partition coefficient (Wildman–Crippen LogP) is 3.56. The summed E-state index contributed by atoms with van der Waals surface area (Å²) in [6, 6.07) is 10.3. The van der Waals surface area contributed by atoms with Crippen LogP contribution in [0.15, 0.2) is 53.4 Å². The number of amides is 1. The van der Waals surface area contributed by atoms with Gasteiger partial charge in [-0.15, -0.1) is 0 Å². The van der Waals surface area contributed by atoms with E-state index >= 15 is 0 Å². The van der Waals surface area contributed by atoms with Crippen LogP contribution in [-0.4, -0.2) is 27.0 Å². The highest BCUT2D eigenvalue weighted by Gasteiger charge is 2.24. The molecule has 2 aromatic rings. The van der Waals surface area contributed by atoms with Crippen molar-refractivity contribution in [2.45, 2.75) is 38.1 Å². The average Bonchev–Trinajstić information content (AvgIpc) is 2.65. The lowest BCUT2D eigenvalue weighted by atomic mass is 10.2. The Morgan fingerprint density at radius 1 is 1.07 bits per heavy atom. The maximum absolute atomic E-state index is 13.0. The average molecular weight is 408 g/mol. The molecule has 1 unspecified atom stereocenters. The Balaban J connectivity index is 2.02. The summed E-state index contributed by atoms with van der Waals surface area (Å²) in [7, 11) is -3.95. The molecule has 0 aromatic heterocycles. The van der Waals surface area contributed by atoms with E-state index in [4.69, 9.17) is 4.74 Å². The van der Waals surface area contributed by atoms with Gasteiger partial charge >= 0.3 is 0 Å². The number of carbonyl (C=O) groups excluding carboxylic acids is 1. The number of ether oxygens (including phenoxy) is 1. The van der Waals surface area contributed by atoms with E-state index in [2.05, 4.69) is 10.0 Å². The first kappa shape index (κ1) is 21.8. The zero-order valence-electron chi connectivity index (χ0n) is 16.1. The van der Waals surface area contributed by atoms with Crippen LogP contribution in [0.3, 0.4) is 0 Å². The van der Waals surface area contributed by atoms with Crippen LogP contribution in [0.5, 0.6) is 5.75 Å². The second kappa shape index (κ2) is 9.66. The molecular formula is C20H25FN2O4S. The molecule has 1 amide bonds. The van der Waals surface area contributed by atoms with Gasteiger partial charge in [-0.05, 0) is 60.9 Å². The van der Waals surface area contributed by atoms with Gasteiger partial charge in [-0.1, -0.05) is 20.8 Å². The Labute approximate surface area is 165 Å². The molecule has 0 fully saturated rings. The highest BCUT2D eigenvalue weighted by atomic mass is 32.2.